The zero-order chi connectivity index (χ0) is 11.1. The van der Waals surface area contributed by atoms with Gasteiger partial charge in [-0.25, -0.2) is 0 Å². The quantitative estimate of drug-likeness (QED) is 0.676. The first-order chi connectivity index (χ1) is 7.20. The summed E-state index contributed by atoms with van der Waals surface area (Å²) in [5.41, 5.74) is 7.26. The Kier molecular flexibility index (Phi) is 4.77. The van der Waals surface area contributed by atoms with Gasteiger partial charge in [0, 0.05) is 19.2 Å². The number of hydrogen-bond donors (Lipinski definition) is 2. The van der Waals surface area contributed by atoms with Crippen molar-refractivity contribution in [2.24, 2.45) is 5.73 Å². The fourth-order valence-corrected chi connectivity index (χ4v) is 1.30. The highest BCUT2D eigenvalue weighted by atomic mass is 16.1. The van der Waals surface area contributed by atoms with Gasteiger partial charge in [-0.1, -0.05) is 6.07 Å². The van der Waals surface area contributed by atoms with Crippen LogP contribution in [0.1, 0.15) is 24.1 Å². The monoisotopic (exact) mass is 207 g/mol. The molecular weight excluding hydrogens is 190 g/mol. The zero-order valence-electron chi connectivity index (χ0n) is 8.99. The van der Waals surface area contributed by atoms with Gasteiger partial charge in [-0.15, -0.1) is 0 Å². The maximum Gasteiger partial charge on any atom is 0.217 e. The van der Waals surface area contributed by atoms with Crippen molar-refractivity contribution in [2.75, 3.05) is 6.54 Å². The topological polar surface area (TPSA) is 68.0 Å². The van der Waals surface area contributed by atoms with E-state index in [0.717, 1.165) is 25.2 Å². The molecule has 15 heavy (non-hydrogen) atoms. The molecule has 4 heteroatoms. The lowest BCUT2D eigenvalue weighted by molar-refractivity contribution is -0.118. The number of primary amides is 1. The van der Waals surface area contributed by atoms with E-state index in [0.29, 0.717) is 6.42 Å². The molecule has 0 aliphatic rings. The first-order valence-corrected chi connectivity index (χ1v) is 5.09. The second-order valence-corrected chi connectivity index (χ2v) is 3.51. The maximum atomic E-state index is 10.5. The van der Waals surface area contributed by atoms with Crippen molar-refractivity contribution in [1.82, 2.24) is 10.3 Å². The molecule has 0 aliphatic carbocycles. The molecule has 0 aliphatic heterocycles. The third-order valence-electron chi connectivity index (χ3n) is 2.19. The van der Waals surface area contributed by atoms with Gasteiger partial charge in [0.1, 0.15) is 0 Å². The van der Waals surface area contributed by atoms with Gasteiger partial charge in [-0.2, -0.15) is 0 Å². The second-order valence-electron chi connectivity index (χ2n) is 3.51. The normalized spacial score (nSPS) is 10.2. The van der Waals surface area contributed by atoms with E-state index < -0.39 is 0 Å². The van der Waals surface area contributed by atoms with Crippen LogP contribution in [0.25, 0.3) is 0 Å². The van der Waals surface area contributed by atoms with Crippen molar-refractivity contribution in [2.45, 2.75) is 26.3 Å². The highest BCUT2D eigenvalue weighted by Crippen LogP contribution is 2.01. The molecule has 0 aromatic carbocycles. The number of aryl methyl sites for hydroxylation is 1. The fourth-order valence-electron chi connectivity index (χ4n) is 1.30. The summed E-state index contributed by atoms with van der Waals surface area (Å²) in [5.74, 6) is -0.245. The first kappa shape index (κ1) is 11.7. The summed E-state index contributed by atoms with van der Waals surface area (Å²) in [5, 5.41) is 3.23. The molecule has 0 unspecified atom stereocenters. The number of pyridine rings is 1. The van der Waals surface area contributed by atoms with Gasteiger partial charge in [0.15, 0.2) is 0 Å². The van der Waals surface area contributed by atoms with E-state index >= 15 is 0 Å². The van der Waals surface area contributed by atoms with E-state index in [-0.39, 0.29) is 5.91 Å². The van der Waals surface area contributed by atoms with Crippen LogP contribution < -0.4 is 11.1 Å². The second kappa shape index (κ2) is 6.14. The number of nitrogens with two attached hydrogens (primary N) is 1. The van der Waals surface area contributed by atoms with E-state index in [1.54, 1.807) is 6.20 Å². The van der Waals surface area contributed by atoms with Crippen LogP contribution in [0.15, 0.2) is 18.3 Å². The molecule has 1 rings (SSSR count). The smallest absolute Gasteiger partial charge is 0.217 e. The maximum absolute atomic E-state index is 10.5. The molecule has 1 heterocycles. The lowest BCUT2D eigenvalue weighted by atomic mass is 10.2. The Labute approximate surface area is 89.9 Å². The minimum absolute atomic E-state index is 0.245. The van der Waals surface area contributed by atoms with Crippen LogP contribution in [0.3, 0.4) is 0 Å². The molecule has 3 N–H and O–H groups in total. The first-order valence-electron chi connectivity index (χ1n) is 5.09. The molecule has 1 amide bonds. The minimum atomic E-state index is -0.245. The van der Waals surface area contributed by atoms with E-state index in [4.69, 9.17) is 5.73 Å². The molecule has 4 nitrogen and oxygen atoms in total. The molecule has 0 saturated carbocycles. The van der Waals surface area contributed by atoms with E-state index in [1.165, 1.54) is 5.56 Å². The Hall–Kier alpha value is -1.42. The molecule has 0 spiro atoms. The largest absolute Gasteiger partial charge is 0.370 e. The van der Waals surface area contributed by atoms with Crippen molar-refractivity contribution in [3.05, 3.63) is 29.6 Å². The predicted molar refractivity (Wildman–Crippen MR) is 59.1 cm³/mol. The van der Waals surface area contributed by atoms with Gasteiger partial charge in [0.05, 0.1) is 5.69 Å². The van der Waals surface area contributed by atoms with Crippen molar-refractivity contribution in [3.63, 3.8) is 0 Å². The van der Waals surface area contributed by atoms with Crippen molar-refractivity contribution >= 4 is 5.91 Å². The number of nitrogens with one attached hydrogen (secondary N) is 1. The van der Waals surface area contributed by atoms with Gasteiger partial charge < -0.3 is 11.1 Å². The van der Waals surface area contributed by atoms with Crippen molar-refractivity contribution in [3.8, 4) is 0 Å². The van der Waals surface area contributed by atoms with Crippen molar-refractivity contribution in [1.29, 1.82) is 0 Å². The van der Waals surface area contributed by atoms with E-state index in [1.807, 2.05) is 19.1 Å². The summed E-state index contributed by atoms with van der Waals surface area (Å²) < 4.78 is 0. The highest BCUT2D eigenvalue weighted by Gasteiger charge is 1.98. The standard InChI is InChI=1S/C11H17N3O/c1-9-4-2-7-14-10(9)8-13-6-3-5-11(12)15/h2,4,7,13H,3,5-6,8H2,1H3,(H2,12,15). The number of rotatable bonds is 6. The average Bonchev–Trinajstić information content (AvgIpc) is 2.20. The third-order valence-corrected chi connectivity index (χ3v) is 2.19. The molecule has 0 radical (unpaired) electrons. The van der Waals surface area contributed by atoms with Gasteiger partial charge in [-0.05, 0) is 31.5 Å². The summed E-state index contributed by atoms with van der Waals surface area (Å²) in [6.07, 6.45) is 3.00. The summed E-state index contributed by atoms with van der Waals surface area (Å²) in [6.45, 7) is 3.57. The van der Waals surface area contributed by atoms with Gasteiger partial charge in [0.2, 0.25) is 5.91 Å². The van der Waals surface area contributed by atoms with Crippen LogP contribution in [0.5, 0.6) is 0 Å². The Morgan fingerprint density at radius 1 is 1.60 bits per heavy atom. The number of amides is 1. The van der Waals surface area contributed by atoms with Crippen LogP contribution in [0.2, 0.25) is 0 Å². The van der Waals surface area contributed by atoms with Crippen LogP contribution in [-0.4, -0.2) is 17.4 Å². The fraction of sp³-hybridized carbons (Fsp3) is 0.455. The summed E-state index contributed by atoms with van der Waals surface area (Å²) in [6, 6.07) is 3.96. The molecule has 1 aromatic rings. The molecule has 0 saturated heterocycles. The van der Waals surface area contributed by atoms with Crippen molar-refractivity contribution < 1.29 is 4.79 Å². The zero-order valence-corrected chi connectivity index (χ0v) is 8.99. The number of carbonyl (C=O) groups is 1. The Balaban J connectivity index is 2.21. The third kappa shape index (κ3) is 4.56. The average molecular weight is 207 g/mol. The lowest BCUT2D eigenvalue weighted by Crippen LogP contribution is -2.19. The number of nitrogens with zero attached hydrogens (tertiary/aromatic N) is 1. The number of carbonyl (C=O) groups excluding carboxylic acids is 1. The molecule has 0 fully saturated rings. The molecule has 0 atom stereocenters. The number of aromatic nitrogens is 1. The van der Waals surface area contributed by atoms with E-state index in [9.17, 15) is 4.79 Å². The SMILES string of the molecule is Cc1cccnc1CNCCCC(N)=O. The minimum Gasteiger partial charge on any atom is -0.370 e. The predicted octanol–water partition coefficient (Wildman–Crippen LogP) is 0.745. The van der Waals surface area contributed by atoms with Crippen LogP contribution in [-0.2, 0) is 11.3 Å². The number of hydrogen-bond acceptors (Lipinski definition) is 3. The Morgan fingerprint density at radius 2 is 2.40 bits per heavy atom. The van der Waals surface area contributed by atoms with Gasteiger partial charge >= 0.3 is 0 Å². The molecule has 1 aromatic heterocycles. The van der Waals surface area contributed by atoms with E-state index in [2.05, 4.69) is 10.3 Å². The molecule has 0 bridgehead atoms. The Morgan fingerprint density at radius 3 is 3.07 bits per heavy atom. The summed E-state index contributed by atoms with van der Waals surface area (Å²) >= 11 is 0. The summed E-state index contributed by atoms with van der Waals surface area (Å²) in [4.78, 5) is 14.7. The Bertz CT molecular complexity index is 325. The van der Waals surface area contributed by atoms with Gasteiger partial charge in [0.25, 0.3) is 0 Å². The van der Waals surface area contributed by atoms with Crippen LogP contribution in [0, 0.1) is 6.92 Å². The summed E-state index contributed by atoms with van der Waals surface area (Å²) in [7, 11) is 0. The highest BCUT2D eigenvalue weighted by molar-refractivity contribution is 5.73. The molecular formula is C11H17N3O. The van der Waals surface area contributed by atoms with Gasteiger partial charge in [-0.3, -0.25) is 9.78 Å². The van der Waals surface area contributed by atoms with Crippen LogP contribution in [0.4, 0.5) is 0 Å². The van der Waals surface area contributed by atoms with Crippen LogP contribution >= 0.6 is 0 Å². The lowest BCUT2D eigenvalue weighted by Gasteiger charge is -2.05. The molecule has 82 valence electrons.